The minimum absolute atomic E-state index is 0.490. The van der Waals surface area contributed by atoms with Gasteiger partial charge in [0.15, 0.2) is 0 Å². The normalized spacial score (nSPS) is 12.5. The molecule has 0 amide bonds. The Morgan fingerprint density at radius 2 is 2.31 bits per heavy atom. The lowest BCUT2D eigenvalue weighted by Crippen LogP contribution is -1.95. The summed E-state index contributed by atoms with van der Waals surface area (Å²) in [5.41, 5.74) is 1.87. The minimum atomic E-state index is -0.490. The van der Waals surface area contributed by atoms with Gasteiger partial charge in [-0.2, -0.15) is 0 Å². The van der Waals surface area contributed by atoms with Crippen LogP contribution in [0.5, 0.6) is 0 Å². The fourth-order valence-electron chi connectivity index (χ4n) is 1.11. The van der Waals surface area contributed by atoms with Crippen LogP contribution in [0.2, 0.25) is 5.02 Å². The second-order valence-electron chi connectivity index (χ2n) is 3.05. The minimum Gasteiger partial charge on any atom is -0.388 e. The molecule has 0 fully saturated rings. The van der Waals surface area contributed by atoms with Crippen molar-refractivity contribution in [3.63, 3.8) is 0 Å². The quantitative estimate of drug-likeness (QED) is 0.736. The van der Waals surface area contributed by atoms with Gasteiger partial charge in [0, 0.05) is 5.02 Å². The molecule has 0 unspecified atom stereocenters. The maximum absolute atomic E-state index is 9.61. The molecule has 0 heterocycles. The lowest BCUT2D eigenvalue weighted by molar-refractivity contribution is 0.181. The third-order valence-corrected chi connectivity index (χ3v) is 2.38. The highest BCUT2D eigenvalue weighted by molar-refractivity contribution is 6.31. The van der Waals surface area contributed by atoms with Crippen LogP contribution in [-0.4, -0.2) is 5.11 Å². The Morgan fingerprint density at radius 1 is 1.62 bits per heavy atom. The van der Waals surface area contributed by atoms with Crippen LogP contribution in [0.25, 0.3) is 0 Å². The average Bonchev–Trinajstić information content (AvgIpc) is 2.10. The molecule has 1 N–H and O–H groups in total. The lowest BCUT2D eigenvalue weighted by atomic mass is 10.1. The molecule has 1 aromatic carbocycles. The van der Waals surface area contributed by atoms with E-state index in [-0.39, 0.29) is 0 Å². The third-order valence-electron chi connectivity index (χ3n) is 1.97. The highest BCUT2D eigenvalue weighted by Crippen LogP contribution is 2.23. The van der Waals surface area contributed by atoms with Crippen molar-refractivity contribution in [2.24, 2.45) is 0 Å². The van der Waals surface area contributed by atoms with E-state index in [1.54, 1.807) is 12.1 Å². The molecule has 0 radical (unpaired) electrons. The van der Waals surface area contributed by atoms with E-state index in [0.717, 1.165) is 11.1 Å². The summed E-state index contributed by atoms with van der Waals surface area (Å²) in [6.45, 7) is 5.51. The van der Waals surface area contributed by atoms with Crippen molar-refractivity contribution in [1.29, 1.82) is 0 Å². The molecule has 0 saturated carbocycles. The number of aliphatic hydroxyl groups excluding tert-OH is 1. The van der Waals surface area contributed by atoms with E-state index < -0.39 is 6.10 Å². The molecule has 1 rings (SSSR count). The van der Waals surface area contributed by atoms with E-state index in [2.05, 4.69) is 6.58 Å². The molecule has 1 atom stereocenters. The van der Waals surface area contributed by atoms with Gasteiger partial charge in [0.1, 0.15) is 0 Å². The van der Waals surface area contributed by atoms with Gasteiger partial charge >= 0.3 is 0 Å². The molecule has 0 spiro atoms. The number of hydrogen-bond acceptors (Lipinski definition) is 1. The van der Waals surface area contributed by atoms with E-state index in [0.29, 0.717) is 11.4 Å². The molecule has 0 aliphatic rings. The molecule has 0 aliphatic carbocycles. The van der Waals surface area contributed by atoms with Gasteiger partial charge in [0.2, 0.25) is 0 Å². The smallest absolute Gasteiger partial charge is 0.0824 e. The summed E-state index contributed by atoms with van der Waals surface area (Å²) in [6.07, 6.45) is 1.76. The average molecular weight is 197 g/mol. The maximum atomic E-state index is 9.61. The molecule has 0 saturated heterocycles. The molecule has 0 aromatic heterocycles. The number of benzene rings is 1. The Labute approximate surface area is 83.7 Å². The second kappa shape index (κ2) is 4.45. The first-order chi connectivity index (χ1) is 6.15. The molecule has 70 valence electrons. The van der Waals surface area contributed by atoms with Crippen molar-refractivity contribution in [1.82, 2.24) is 0 Å². The zero-order valence-corrected chi connectivity index (χ0v) is 8.38. The van der Waals surface area contributed by atoms with Crippen LogP contribution in [0, 0.1) is 6.92 Å². The van der Waals surface area contributed by atoms with Gasteiger partial charge < -0.3 is 5.11 Å². The molecule has 1 nitrogen and oxygen atoms in total. The number of aryl methyl sites for hydroxylation is 1. The fourth-order valence-corrected chi connectivity index (χ4v) is 1.30. The van der Waals surface area contributed by atoms with Crippen molar-refractivity contribution >= 4 is 11.6 Å². The van der Waals surface area contributed by atoms with Gasteiger partial charge in [-0.3, -0.25) is 0 Å². The number of halogens is 1. The van der Waals surface area contributed by atoms with Crippen molar-refractivity contribution in [2.75, 3.05) is 0 Å². The maximum Gasteiger partial charge on any atom is 0.0824 e. The van der Waals surface area contributed by atoms with Gasteiger partial charge in [-0.25, -0.2) is 0 Å². The standard InChI is InChI=1S/C11H13ClO/c1-3-4-11(13)9-6-5-8(2)10(12)7-9/h3,5-7,11,13H,1,4H2,2H3/t11-/m0/s1. The molecule has 2 heteroatoms. The van der Waals surface area contributed by atoms with Crippen LogP contribution in [-0.2, 0) is 0 Å². The first kappa shape index (κ1) is 10.3. The Hall–Kier alpha value is -0.790. The topological polar surface area (TPSA) is 20.2 Å². The summed E-state index contributed by atoms with van der Waals surface area (Å²) >= 11 is 5.92. The van der Waals surface area contributed by atoms with Crippen molar-refractivity contribution in [2.45, 2.75) is 19.4 Å². The van der Waals surface area contributed by atoms with Crippen LogP contribution in [0.1, 0.15) is 23.7 Å². The van der Waals surface area contributed by atoms with Crippen LogP contribution in [0.4, 0.5) is 0 Å². The molecule has 1 aromatic rings. The first-order valence-corrected chi connectivity index (χ1v) is 4.58. The zero-order valence-electron chi connectivity index (χ0n) is 7.63. The summed E-state index contributed by atoms with van der Waals surface area (Å²) in [5, 5.41) is 10.3. The van der Waals surface area contributed by atoms with Gasteiger partial charge in [0.05, 0.1) is 6.10 Å². The summed E-state index contributed by atoms with van der Waals surface area (Å²) in [7, 11) is 0. The van der Waals surface area contributed by atoms with E-state index in [9.17, 15) is 5.11 Å². The van der Waals surface area contributed by atoms with Gasteiger partial charge in [-0.05, 0) is 30.5 Å². The van der Waals surface area contributed by atoms with Gasteiger partial charge in [0.25, 0.3) is 0 Å². The Balaban J connectivity index is 2.89. The monoisotopic (exact) mass is 196 g/mol. The van der Waals surface area contributed by atoms with Gasteiger partial charge in [-0.15, -0.1) is 6.58 Å². The molecule has 0 bridgehead atoms. The number of rotatable bonds is 3. The van der Waals surface area contributed by atoms with Gasteiger partial charge in [-0.1, -0.05) is 29.8 Å². The lowest BCUT2D eigenvalue weighted by Gasteiger charge is -2.09. The van der Waals surface area contributed by atoms with E-state index in [1.807, 2.05) is 19.1 Å². The molecular weight excluding hydrogens is 184 g/mol. The second-order valence-corrected chi connectivity index (χ2v) is 3.46. The predicted octanol–water partition coefficient (Wildman–Crippen LogP) is 3.26. The van der Waals surface area contributed by atoms with Crippen LogP contribution >= 0.6 is 11.6 Å². The highest BCUT2D eigenvalue weighted by Gasteiger charge is 2.06. The fraction of sp³-hybridized carbons (Fsp3) is 0.273. The molecule has 0 aliphatic heterocycles. The van der Waals surface area contributed by atoms with E-state index >= 15 is 0 Å². The largest absolute Gasteiger partial charge is 0.388 e. The Morgan fingerprint density at radius 3 is 2.85 bits per heavy atom. The van der Waals surface area contributed by atoms with Crippen LogP contribution in [0.15, 0.2) is 30.9 Å². The Bertz CT molecular complexity index is 307. The summed E-state index contributed by atoms with van der Waals surface area (Å²) in [5.74, 6) is 0. The number of aliphatic hydroxyl groups is 1. The third kappa shape index (κ3) is 2.58. The molecule has 13 heavy (non-hydrogen) atoms. The summed E-state index contributed by atoms with van der Waals surface area (Å²) in [6, 6.07) is 5.59. The number of hydrogen-bond donors (Lipinski definition) is 1. The summed E-state index contributed by atoms with van der Waals surface area (Å²) < 4.78 is 0. The Kier molecular flexibility index (Phi) is 3.52. The highest BCUT2D eigenvalue weighted by atomic mass is 35.5. The van der Waals surface area contributed by atoms with E-state index in [4.69, 9.17) is 11.6 Å². The predicted molar refractivity (Wildman–Crippen MR) is 56.0 cm³/mol. The van der Waals surface area contributed by atoms with Crippen LogP contribution < -0.4 is 0 Å². The first-order valence-electron chi connectivity index (χ1n) is 4.20. The van der Waals surface area contributed by atoms with Crippen molar-refractivity contribution in [3.8, 4) is 0 Å². The van der Waals surface area contributed by atoms with Crippen molar-refractivity contribution < 1.29 is 5.11 Å². The molecular formula is C11H13ClO. The van der Waals surface area contributed by atoms with Crippen LogP contribution in [0.3, 0.4) is 0 Å². The zero-order chi connectivity index (χ0) is 9.84. The van der Waals surface area contributed by atoms with E-state index in [1.165, 1.54) is 0 Å². The summed E-state index contributed by atoms with van der Waals surface area (Å²) in [4.78, 5) is 0. The SMILES string of the molecule is C=CC[C@H](O)c1ccc(C)c(Cl)c1. The van der Waals surface area contributed by atoms with Crippen molar-refractivity contribution in [3.05, 3.63) is 47.0 Å².